The van der Waals surface area contributed by atoms with Crippen molar-refractivity contribution in [2.24, 2.45) is 0 Å². The third-order valence-electron chi connectivity index (χ3n) is 1.73. The van der Waals surface area contributed by atoms with E-state index in [4.69, 9.17) is 0 Å². The molecule has 0 spiro atoms. The fourth-order valence-electron chi connectivity index (χ4n) is 1.03. The average molecular weight is 327 g/mol. The summed E-state index contributed by atoms with van der Waals surface area (Å²) in [5.74, 6) is -0.132. The molecule has 1 amide bonds. The van der Waals surface area contributed by atoms with E-state index in [9.17, 15) is 18.0 Å². The molecule has 0 aliphatic rings. The minimum absolute atomic E-state index is 0.162. The van der Waals surface area contributed by atoms with Crippen LogP contribution in [0.5, 0.6) is 0 Å². The number of carbonyl (C=O) groups excluding carboxylic acids is 1. The van der Waals surface area contributed by atoms with Gasteiger partial charge in [-0.3, -0.25) is 4.79 Å². The fourth-order valence-corrected chi connectivity index (χ4v) is 1.37. The van der Waals surface area contributed by atoms with E-state index < -0.39 is 18.7 Å². The number of nitrogens with zero attached hydrogens (tertiary/aromatic N) is 1. The van der Waals surface area contributed by atoms with E-state index in [1.54, 1.807) is 12.1 Å². The van der Waals surface area contributed by atoms with Crippen molar-refractivity contribution in [2.45, 2.75) is 12.6 Å². The Labute approximate surface area is 110 Å². The van der Waals surface area contributed by atoms with Gasteiger partial charge < -0.3 is 10.1 Å². The summed E-state index contributed by atoms with van der Waals surface area (Å²) in [6.45, 7) is -1.64. The quantitative estimate of drug-likeness (QED) is 0.846. The first-order valence-corrected chi connectivity index (χ1v) is 5.72. The normalized spacial score (nSPS) is 11.3. The zero-order valence-corrected chi connectivity index (χ0v) is 10.7. The standard InChI is InChI=1S/C10H10BrF3N2O2/c11-7-1-3-15-8(5-7)16-9(17)2-4-18-6-10(12,13)14/h1,3,5H,2,4,6H2,(H,15,16,17). The fraction of sp³-hybridized carbons (Fsp3) is 0.400. The van der Waals surface area contributed by atoms with Gasteiger partial charge in [0, 0.05) is 10.7 Å². The predicted octanol–water partition coefficient (Wildman–Crippen LogP) is 2.75. The highest BCUT2D eigenvalue weighted by Crippen LogP contribution is 2.15. The zero-order chi connectivity index (χ0) is 13.6. The lowest BCUT2D eigenvalue weighted by atomic mass is 10.4. The number of pyridine rings is 1. The van der Waals surface area contributed by atoms with E-state index in [0.29, 0.717) is 5.82 Å². The van der Waals surface area contributed by atoms with Gasteiger partial charge in [0.25, 0.3) is 0 Å². The molecule has 0 saturated carbocycles. The summed E-state index contributed by atoms with van der Waals surface area (Å²) in [7, 11) is 0. The minimum atomic E-state index is -4.37. The Balaban J connectivity index is 2.26. The second-order valence-corrected chi connectivity index (χ2v) is 4.24. The molecule has 1 heterocycles. The molecule has 1 N–H and O–H groups in total. The van der Waals surface area contributed by atoms with Crippen molar-refractivity contribution in [3.05, 3.63) is 22.8 Å². The van der Waals surface area contributed by atoms with Gasteiger partial charge in [0.2, 0.25) is 5.91 Å². The van der Waals surface area contributed by atoms with Crippen molar-refractivity contribution in [1.82, 2.24) is 4.98 Å². The molecule has 100 valence electrons. The van der Waals surface area contributed by atoms with E-state index in [1.807, 2.05) is 0 Å². The molecule has 0 aromatic carbocycles. The van der Waals surface area contributed by atoms with Gasteiger partial charge in [-0.05, 0) is 12.1 Å². The van der Waals surface area contributed by atoms with Crippen molar-refractivity contribution in [3.8, 4) is 0 Å². The lowest BCUT2D eigenvalue weighted by molar-refractivity contribution is -0.174. The third-order valence-corrected chi connectivity index (χ3v) is 2.22. The number of alkyl halides is 3. The maximum atomic E-state index is 11.7. The summed E-state index contributed by atoms with van der Waals surface area (Å²) < 4.78 is 40.2. The smallest absolute Gasteiger partial charge is 0.372 e. The van der Waals surface area contributed by atoms with Crippen molar-refractivity contribution in [2.75, 3.05) is 18.5 Å². The first kappa shape index (κ1) is 14.9. The number of ether oxygens (including phenoxy) is 1. The Bertz CT molecular complexity index is 412. The van der Waals surface area contributed by atoms with Gasteiger partial charge in [-0.25, -0.2) is 4.98 Å². The average Bonchev–Trinajstić information content (AvgIpc) is 2.23. The Morgan fingerprint density at radius 2 is 2.22 bits per heavy atom. The van der Waals surface area contributed by atoms with E-state index >= 15 is 0 Å². The highest BCUT2D eigenvalue weighted by molar-refractivity contribution is 9.10. The van der Waals surface area contributed by atoms with E-state index in [-0.39, 0.29) is 13.0 Å². The number of hydrogen-bond acceptors (Lipinski definition) is 3. The van der Waals surface area contributed by atoms with Gasteiger partial charge in [-0.15, -0.1) is 0 Å². The van der Waals surface area contributed by atoms with Crippen LogP contribution in [-0.2, 0) is 9.53 Å². The molecule has 0 fully saturated rings. The molecule has 0 atom stereocenters. The van der Waals surface area contributed by atoms with E-state index in [0.717, 1.165) is 4.47 Å². The van der Waals surface area contributed by atoms with Crippen molar-refractivity contribution in [3.63, 3.8) is 0 Å². The summed E-state index contributed by atoms with van der Waals surface area (Å²) in [5, 5.41) is 2.44. The lowest BCUT2D eigenvalue weighted by Gasteiger charge is -2.07. The van der Waals surface area contributed by atoms with Gasteiger partial charge in [0.1, 0.15) is 12.4 Å². The van der Waals surface area contributed by atoms with Crippen LogP contribution in [0.3, 0.4) is 0 Å². The van der Waals surface area contributed by atoms with Gasteiger partial charge in [-0.1, -0.05) is 15.9 Å². The van der Waals surface area contributed by atoms with Gasteiger partial charge in [-0.2, -0.15) is 13.2 Å². The van der Waals surface area contributed by atoms with Gasteiger partial charge in [0.05, 0.1) is 13.0 Å². The molecule has 8 heteroatoms. The topological polar surface area (TPSA) is 51.2 Å². The summed E-state index contributed by atoms with van der Waals surface area (Å²) in [4.78, 5) is 15.2. The zero-order valence-electron chi connectivity index (χ0n) is 9.13. The first-order valence-electron chi connectivity index (χ1n) is 4.93. The van der Waals surface area contributed by atoms with Gasteiger partial charge >= 0.3 is 6.18 Å². The van der Waals surface area contributed by atoms with Crippen molar-refractivity contribution in [1.29, 1.82) is 0 Å². The lowest BCUT2D eigenvalue weighted by Crippen LogP contribution is -2.20. The minimum Gasteiger partial charge on any atom is -0.372 e. The maximum Gasteiger partial charge on any atom is 0.411 e. The molecule has 0 radical (unpaired) electrons. The second-order valence-electron chi connectivity index (χ2n) is 3.33. The van der Waals surface area contributed by atoms with Crippen LogP contribution in [0.25, 0.3) is 0 Å². The molecule has 1 rings (SSSR count). The summed E-state index contributed by atoms with van der Waals surface area (Å²) >= 11 is 3.20. The van der Waals surface area contributed by atoms with Crippen LogP contribution in [0.15, 0.2) is 22.8 Å². The molecule has 0 saturated heterocycles. The molecule has 0 aliphatic heterocycles. The monoisotopic (exact) mass is 326 g/mol. The Kier molecular flexibility index (Phi) is 5.54. The maximum absolute atomic E-state index is 11.7. The van der Waals surface area contributed by atoms with Crippen molar-refractivity contribution >= 4 is 27.7 Å². The molecule has 4 nitrogen and oxygen atoms in total. The number of aromatic nitrogens is 1. The van der Waals surface area contributed by atoms with Crippen LogP contribution in [0.1, 0.15) is 6.42 Å². The molecular formula is C10H10BrF3N2O2. The molecule has 0 bridgehead atoms. The molecule has 18 heavy (non-hydrogen) atoms. The van der Waals surface area contributed by atoms with Crippen LogP contribution in [0.4, 0.5) is 19.0 Å². The Morgan fingerprint density at radius 3 is 2.83 bits per heavy atom. The second kappa shape index (κ2) is 6.69. The van der Waals surface area contributed by atoms with Crippen LogP contribution < -0.4 is 5.32 Å². The first-order chi connectivity index (χ1) is 8.37. The molecule has 0 aliphatic carbocycles. The third kappa shape index (κ3) is 6.55. The summed E-state index contributed by atoms with van der Waals surface area (Å²) in [5.41, 5.74) is 0. The highest BCUT2D eigenvalue weighted by atomic mass is 79.9. The number of nitrogens with one attached hydrogen (secondary N) is 1. The molecular weight excluding hydrogens is 317 g/mol. The molecule has 1 aromatic heterocycles. The summed E-state index contributed by atoms with van der Waals surface area (Å²) in [6, 6.07) is 3.26. The van der Waals surface area contributed by atoms with Crippen LogP contribution >= 0.6 is 15.9 Å². The van der Waals surface area contributed by atoms with Crippen LogP contribution in [0, 0.1) is 0 Å². The summed E-state index contributed by atoms with van der Waals surface area (Å²) in [6.07, 6.45) is -3.05. The van der Waals surface area contributed by atoms with Crippen molar-refractivity contribution < 1.29 is 22.7 Å². The Hall–Kier alpha value is -1.15. The van der Waals surface area contributed by atoms with Crippen LogP contribution in [-0.4, -0.2) is 30.3 Å². The number of hydrogen-bond donors (Lipinski definition) is 1. The number of amides is 1. The molecule has 1 aromatic rings. The number of rotatable bonds is 5. The number of anilines is 1. The highest BCUT2D eigenvalue weighted by Gasteiger charge is 2.27. The molecule has 0 unspecified atom stereocenters. The van der Waals surface area contributed by atoms with E-state index in [2.05, 4.69) is 31.0 Å². The van der Waals surface area contributed by atoms with Crippen LogP contribution in [0.2, 0.25) is 0 Å². The number of carbonyl (C=O) groups is 1. The number of halogens is 4. The van der Waals surface area contributed by atoms with E-state index in [1.165, 1.54) is 6.20 Å². The largest absolute Gasteiger partial charge is 0.411 e. The predicted molar refractivity (Wildman–Crippen MR) is 62.1 cm³/mol. The Morgan fingerprint density at radius 1 is 1.50 bits per heavy atom. The SMILES string of the molecule is O=C(CCOCC(F)(F)F)Nc1cc(Br)ccn1. The van der Waals surface area contributed by atoms with Gasteiger partial charge in [0.15, 0.2) is 0 Å².